The summed E-state index contributed by atoms with van der Waals surface area (Å²) in [6, 6.07) is 6.31. The summed E-state index contributed by atoms with van der Waals surface area (Å²) in [6.07, 6.45) is 4.77. The third kappa shape index (κ3) is 2.57. The van der Waals surface area contributed by atoms with Crippen molar-refractivity contribution in [2.24, 2.45) is 10.5 Å². The van der Waals surface area contributed by atoms with Crippen LogP contribution in [0.4, 0.5) is 5.69 Å². The van der Waals surface area contributed by atoms with Crippen LogP contribution in [-0.4, -0.2) is 22.6 Å². The van der Waals surface area contributed by atoms with E-state index in [-0.39, 0.29) is 11.3 Å². The molecule has 3 rings (SSSR count). The first-order valence-electron chi connectivity index (χ1n) is 6.77. The van der Waals surface area contributed by atoms with Crippen molar-refractivity contribution in [3.63, 3.8) is 0 Å². The number of rotatable bonds is 3. The molecule has 2 N–H and O–H groups in total. The number of anilines is 1. The third-order valence-electron chi connectivity index (χ3n) is 4.16. The minimum absolute atomic E-state index is 0.122. The topological polar surface area (TPSA) is 78.8 Å². The van der Waals surface area contributed by atoms with Gasteiger partial charge >= 0.3 is 5.97 Å². The highest BCUT2D eigenvalue weighted by Crippen LogP contribution is 2.54. The SMILES string of the molecule is O=C1CCC2(CC2)CC1=NNc1ccc(C(=O)O)cc1. The Morgan fingerprint density at radius 1 is 1.20 bits per heavy atom. The van der Waals surface area contributed by atoms with E-state index in [2.05, 4.69) is 10.5 Å². The molecule has 2 fully saturated rings. The molecule has 1 aromatic carbocycles. The number of carbonyl (C=O) groups excluding carboxylic acids is 1. The highest BCUT2D eigenvalue weighted by molar-refractivity contribution is 6.40. The predicted octanol–water partition coefficient (Wildman–Crippen LogP) is 2.69. The summed E-state index contributed by atoms with van der Waals surface area (Å²) in [5.74, 6) is -0.835. The number of carbonyl (C=O) groups is 2. The molecule has 0 aliphatic heterocycles. The van der Waals surface area contributed by atoms with Gasteiger partial charge in [-0.3, -0.25) is 10.2 Å². The summed E-state index contributed by atoms with van der Waals surface area (Å²) < 4.78 is 0. The lowest BCUT2D eigenvalue weighted by Crippen LogP contribution is -2.26. The molecule has 0 bridgehead atoms. The van der Waals surface area contributed by atoms with Crippen molar-refractivity contribution in [2.75, 3.05) is 5.43 Å². The number of nitrogens with zero attached hydrogens (tertiary/aromatic N) is 1. The van der Waals surface area contributed by atoms with Crippen LogP contribution in [0.2, 0.25) is 0 Å². The van der Waals surface area contributed by atoms with Crippen LogP contribution < -0.4 is 5.43 Å². The molecule has 2 aliphatic carbocycles. The second kappa shape index (κ2) is 4.74. The maximum absolute atomic E-state index is 11.8. The van der Waals surface area contributed by atoms with Crippen molar-refractivity contribution >= 4 is 23.2 Å². The number of hydrazone groups is 1. The van der Waals surface area contributed by atoms with Crippen molar-refractivity contribution in [2.45, 2.75) is 32.1 Å². The summed E-state index contributed by atoms with van der Waals surface area (Å²) in [5.41, 5.74) is 4.74. The second-order valence-corrected chi connectivity index (χ2v) is 5.65. The van der Waals surface area contributed by atoms with Crippen molar-refractivity contribution in [3.05, 3.63) is 29.8 Å². The second-order valence-electron chi connectivity index (χ2n) is 5.65. The van der Waals surface area contributed by atoms with Crippen LogP contribution in [-0.2, 0) is 4.79 Å². The molecule has 0 amide bonds. The average molecular weight is 272 g/mol. The normalized spacial score (nSPS) is 22.0. The molecule has 0 aromatic heterocycles. The molecule has 5 nitrogen and oxygen atoms in total. The lowest BCUT2D eigenvalue weighted by atomic mass is 9.84. The zero-order chi connectivity index (χ0) is 14.2. The first kappa shape index (κ1) is 12.8. The average Bonchev–Trinajstić information content (AvgIpc) is 3.20. The Hall–Kier alpha value is -2.17. The van der Waals surface area contributed by atoms with Gasteiger partial charge in [0.15, 0.2) is 5.78 Å². The van der Waals surface area contributed by atoms with Gasteiger partial charge in [0.2, 0.25) is 0 Å². The molecule has 5 heteroatoms. The molecular formula is C15H16N2O3. The van der Waals surface area contributed by atoms with Gasteiger partial charge in [-0.1, -0.05) is 0 Å². The fourth-order valence-corrected chi connectivity index (χ4v) is 2.59. The summed E-state index contributed by atoms with van der Waals surface area (Å²) in [6.45, 7) is 0. The molecular weight excluding hydrogens is 256 g/mol. The molecule has 1 spiro atoms. The molecule has 0 atom stereocenters. The standard InChI is InChI=1S/C15H16N2O3/c18-13-5-6-15(7-8-15)9-12(13)17-16-11-3-1-10(2-4-11)14(19)20/h1-4,16H,5-9H2,(H,19,20). The minimum Gasteiger partial charge on any atom is -0.478 e. The van der Waals surface area contributed by atoms with Crippen LogP contribution in [0.1, 0.15) is 42.5 Å². The fraction of sp³-hybridized carbons (Fsp3) is 0.400. The molecule has 0 radical (unpaired) electrons. The number of carboxylic acids is 1. The van der Waals surface area contributed by atoms with Crippen LogP contribution in [0, 0.1) is 5.41 Å². The first-order valence-corrected chi connectivity index (χ1v) is 6.77. The summed E-state index contributed by atoms with van der Waals surface area (Å²) >= 11 is 0. The van der Waals surface area contributed by atoms with Gasteiger partial charge in [0.1, 0.15) is 5.71 Å². The first-order chi connectivity index (χ1) is 9.58. The molecule has 0 unspecified atom stereocenters. The van der Waals surface area contributed by atoms with E-state index >= 15 is 0 Å². The van der Waals surface area contributed by atoms with Gasteiger partial charge in [0.25, 0.3) is 0 Å². The number of carboxylic acid groups (broad SMARTS) is 1. The number of benzene rings is 1. The van der Waals surface area contributed by atoms with Gasteiger partial charge in [-0.05, 0) is 48.9 Å². The van der Waals surface area contributed by atoms with Crippen molar-refractivity contribution in [1.29, 1.82) is 0 Å². The zero-order valence-electron chi connectivity index (χ0n) is 11.1. The largest absolute Gasteiger partial charge is 0.478 e. The van der Waals surface area contributed by atoms with Crippen LogP contribution >= 0.6 is 0 Å². The van der Waals surface area contributed by atoms with E-state index in [1.54, 1.807) is 12.1 Å². The van der Waals surface area contributed by atoms with E-state index < -0.39 is 5.97 Å². The number of aromatic carboxylic acids is 1. The zero-order valence-corrected chi connectivity index (χ0v) is 11.1. The fourth-order valence-electron chi connectivity index (χ4n) is 2.59. The lowest BCUT2D eigenvalue weighted by molar-refractivity contribution is -0.114. The van der Waals surface area contributed by atoms with Gasteiger partial charge in [0, 0.05) is 12.8 Å². The van der Waals surface area contributed by atoms with Gasteiger partial charge in [0.05, 0.1) is 11.3 Å². The molecule has 0 heterocycles. The van der Waals surface area contributed by atoms with Crippen molar-refractivity contribution in [3.8, 4) is 0 Å². The highest BCUT2D eigenvalue weighted by atomic mass is 16.4. The molecule has 2 saturated carbocycles. The van der Waals surface area contributed by atoms with Gasteiger partial charge in [-0.2, -0.15) is 5.10 Å². The summed E-state index contributed by atoms with van der Waals surface area (Å²) in [5, 5.41) is 13.0. The number of Topliss-reactive ketones (excluding diaryl/α,β-unsaturated/α-hetero) is 1. The lowest BCUT2D eigenvalue weighted by Gasteiger charge is -2.21. The number of ketones is 1. The van der Waals surface area contributed by atoms with E-state index in [4.69, 9.17) is 5.11 Å². The minimum atomic E-state index is -0.957. The monoisotopic (exact) mass is 272 g/mol. The Morgan fingerprint density at radius 2 is 1.90 bits per heavy atom. The maximum atomic E-state index is 11.8. The number of hydrogen-bond donors (Lipinski definition) is 2. The maximum Gasteiger partial charge on any atom is 0.335 e. The molecule has 104 valence electrons. The Labute approximate surface area is 116 Å². The van der Waals surface area contributed by atoms with Crippen molar-refractivity contribution in [1.82, 2.24) is 0 Å². The smallest absolute Gasteiger partial charge is 0.335 e. The highest BCUT2D eigenvalue weighted by Gasteiger charge is 2.47. The molecule has 1 aromatic rings. The summed E-state index contributed by atoms with van der Waals surface area (Å²) in [7, 11) is 0. The van der Waals surface area contributed by atoms with E-state index in [0.717, 1.165) is 12.8 Å². The van der Waals surface area contributed by atoms with Gasteiger partial charge in [-0.15, -0.1) is 0 Å². The molecule has 20 heavy (non-hydrogen) atoms. The van der Waals surface area contributed by atoms with Crippen LogP contribution in [0.15, 0.2) is 29.4 Å². The predicted molar refractivity (Wildman–Crippen MR) is 75.0 cm³/mol. The van der Waals surface area contributed by atoms with E-state index in [1.807, 2.05) is 0 Å². The van der Waals surface area contributed by atoms with Crippen LogP contribution in [0.3, 0.4) is 0 Å². The quantitative estimate of drug-likeness (QED) is 0.829. The third-order valence-corrected chi connectivity index (χ3v) is 4.16. The van der Waals surface area contributed by atoms with E-state index in [9.17, 15) is 9.59 Å². The number of nitrogens with one attached hydrogen (secondary N) is 1. The molecule has 2 aliphatic rings. The van der Waals surface area contributed by atoms with Crippen molar-refractivity contribution < 1.29 is 14.7 Å². The van der Waals surface area contributed by atoms with Crippen LogP contribution in [0.25, 0.3) is 0 Å². The number of hydrogen-bond acceptors (Lipinski definition) is 4. The van der Waals surface area contributed by atoms with Gasteiger partial charge in [-0.25, -0.2) is 4.79 Å². The van der Waals surface area contributed by atoms with E-state index in [0.29, 0.717) is 23.2 Å². The molecule has 0 saturated heterocycles. The Bertz CT molecular complexity index is 586. The van der Waals surface area contributed by atoms with Gasteiger partial charge < -0.3 is 5.11 Å². The van der Waals surface area contributed by atoms with Crippen LogP contribution in [0.5, 0.6) is 0 Å². The Morgan fingerprint density at radius 3 is 2.50 bits per heavy atom. The summed E-state index contributed by atoms with van der Waals surface area (Å²) in [4.78, 5) is 22.6. The Kier molecular flexibility index (Phi) is 3.04. The Balaban J connectivity index is 1.69. The van der Waals surface area contributed by atoms with E-state index in [1.165, 1.54) is 25.0 Å².